The fraction of sp³-hybridized carbons (Fsp3) is 0.278. The Morgan fingerprint density at radius 3 is 2.55 bits per heavy atom. The van der Waals surface area contributed by atoms with Gasteiger partial charge in [-0.1, -0.05) is 17.7 Å². The Morgan fingerprint density at radius 2 is 1.86 bits per heavy atom. The van der Waals surface area contributed by atoms with Crippen molar-refractivity contribution in [1.29, 1.82) is 0 Å². The molecule has 0 radical (unpaired) electrons. The molecule has 0 aliphatic carbocycles. The second kappa shape index (κ2) is 6.98. The zero-order chi connectivity index (χ0) is 16.1. The molecule has 2 rings (SSSR count). The lowest BCUT2D eigenvalue weighted by Crippen LogP contribution is -2.14. The van der Waals surface area contributed by atoms with Gasteiger partial charge in [-0.2, -0.15) is 0 Å². The number of rotatable bonds is 6. The van der Waals surface area contributed by atoms with Gasteiger partial charge >= 0.3 is 5.97 Å². The summed E-state index contributed by atoms with van der Waals surface area (Å²) in [5, 5.41) is 12.3. The number of benzene rings is 2. The van der Waals surface area contributed by atoms with E-state index in [1.807, 2.05) is 38.1 Å². The number of carbonyl (C=O) groups is 1. The number of carboxylic acids is 1. The van der Waals surface area contributed by atoms with Gasteiger partial charge in [0.2, 0.25) is 0 Å². The normalized spacial score (nSPS) is 10.3. The second-order valence-corrected chi connectivity index (χ2v) is 5.38. The second-order valence-electron chi connectivity index (χ2n) is 5.38. The number of aromatic carboxylic acids is 1. The first kappa shape index (κ1) is 15.9. The average molecular weight is 299 g/mol. The van der Waals surface area contributed by atoms with Crippen molar-refractivity contribution in [1.82, 2.24) is 0 Å². The van der Waals surface area contributed by atoms with E-state index >= 15 is 0 Å². The van der Waals surface area contributed by atoms with E-state index in [4.69, 9.17) is 4.74 Å². The van der Waals surface area contributed by atoms with Gasteiger partial charge in [0.25, 0.3) is 0 Å². The van der Waals surface area contributed by atoms with Gasteiger partial charge in [0.1, 0.15) is 12.4 Å². The molecule has 0 saturated heterocycles. The number of hydrogen-bond acceptors (Lipinski definition) is 3. The highest BCUT2D eigenvalue weighted by atomic mass is 16.5. The van der Waals surface area contributed by atoms with E-state index in [9.17, 15) is 9.90 Å². The summed E-state index contributed by atoms with van der Waals surface area (Å²) in [5.74, 6) is -0.103. The number of ether oxygens (including phenoxy) is 1. The largest absolute Gasteiger partial charge is 0.492 e. The number of aryl methyl sites for hydroxylation is 3. The van der Waals surface area contributed by atoms with Crippen LogP contribution in [0.25, 0.3) is 0 Å². The van der Waals surface area contributed by atoms with Crippen LogP contribution in [-0.2, 0) is 0 Å². The standard InChI is InChI=1S/C18H21NO3/c1-12-4-7-17(16(10-12)18(20)21)19-8-9-22-15-6-5-13(2)14(3)11-15/h4-7,10-11,19H,8-9H2,1-3H3,(H,20,21). The summed E-state index contributed by atoms with van der Waals surface area (Å²) in [6.45, 7) is 6.99. The van der Waals surface area contributed by atoms with Crippen LogP contribution in [0, 0.1) is 20.8 Å². The zero-order valence-corrected chi connectivity index (χ0v) is 13.1. The van der Waals surface area contributed by atoms with Crippen LogP contribution >= 0.6 is 0 Å². The molecule has 0 saturated carbocycles. The lowest BCUT2D eigenvalue weighted by molar-refractivity contribution is 0.0698. The molecule has 0 bridgehead atoms. The average Bonchev–Trinajstić information content (AvgIpc) is 2.48. The van der Waals surface area contributed by atoms with Crippen molar-refractivity contribution in [3.8, 4) is 5.75 Å². The van der Waals surface area contributed by atoms with Crippen LogP contribution in [0.1, 0.15) is 27.0 Å². The summed E-state index contributed by atoms with van der Waals surface area (Å²) in [7, 11) is 0. The number of nitrogens with one attached hydrogen (secondary N) is 1. The smallest absolute Gasteiger partial charge is 0.337 e. The van der Waals surface area contributed by atoms with E-state index in [1.165, 1.54) is 11.1 Å². The van der Waals surface area contributed by atoms with Gasteiger partial charge in [-0.15, -0.1) is 0 Å². The Labute approximate surface area is 130 Å². The van der Waals surface area contributed by atoms with Crippen molar-refractivity contribution in [3.63, 3.8) is 0 Å². The number of hydrogen-bond donors (Lipinski definition) is 2. The Bertz CT molecular complexity index is 680. The van der Waals surface area contributed by atoms with E-state index < -0.39 is 5.97 Å². The highest BCUT2D eigenvalue weighted by Gasteiger charge is 2.09. The maximum absolute atomic E-state index is 11.2. The van der Waals surface area contributed by atoms with Crippen molar-refractivity contribution in [3.05, 3.63) is 58.7 Å². The Balaban J connectivity index is 1.91. The molecule has 116 valence electrons. The predicted molar refractivity (Wildman–Crippen MR) is 88.0 cm³/mol. The minimum atomic E-state index is -0.929. The van der Waals surface area contributed by atoms with Gasteiger partial charge in [0.15, 0.2) is 0 Å². The highest BCUT2D eigenvalue weighted by Crippen LogP contribution is 2.18. The Kier molecular flexibility index (Phi) is 5.04. The first-order valence-electron chi connectivity index (χ1n) is 7.25. The van der Waals surface area contributed by atoms with Crippen LogP contribution in [0.5, 0.6) is 5.75 Å². The molecule has 2 aromatic rings. The van der Waals surface area contributed by atoms with Crippen LogP contribution in [0.4, 0.5) is 5.69 Å². The van der Waals surface area contributed by atoms with E-state index in [0.29, 0.717) is 18.8 Å². The third kappa shape index (κ3) is 4.01. The van der Waals surface area contributed by atoms with E-state index in [0.717, 1.165) is 11.3 Å². The minimum absolute atomic E-state index is 0.284. The molecule has 0 fully saturated rings. The van der Waals surface area contributed by atoms with Crippen molar-refractivity contribution < 1.29 is 14.6 Å². The summed E-state index contributed by atoms with van der Waals surface area (Å²) < 4.78 is 5.68. The SMILES string of the molecule is Cc1ccc(NCCOc2ccc(C)c(C)c2)c(C(=O)O)c1. The number of anilines is 1. The lowest BCUT2D eigenvalue weighted by atomic mass is 10.1. The fourth-order valence-electron chi connectivity index (χ4n) is 2.15. The van der Waals surface area contributed by atoms with E-state index in [-0.39, 0.29) is 5.56 Å². The monoisotopic (exact) mass is 299 g/mol. The molecule has 0 atom stereocenters. The third-order valence-corrected chi connectivity index (χ3v) is 3.57. The third-order valence-electron chi connectivity index (χ3n) is 3.57. The zero-order valence-electron chi connectivity index (χ0n) is 13.1. The van der Waals surface area contributed by atoms with Gasteiger partial charge in [-0.3, -0.25) is 0 Å². The molecule has 22 heavy (non-hydrogen) atoms. The minimum Gasteiger partial charge on any atom is -0.492 e. The van der Waals surface area contributed by atoms with Gasteiger partial charge < -0.3 is 15.2 Å². The van der Waals surface area contributed by atoms with Crippen molar-refractivity contribution in [2.45, 2.75) is 20.8 Å². The molecule has 0 aliphatic heterocycles. The van der Waals surface area contributed by atoms with Crippen LogP contribution in [0.15, 0.2) is 36.4 Å². The van der Waals surface area contributed by atoms with Gasteiger partial charge in [-0.25, -0.2) is 4.79 Å². The van der Waals surface area contributed by atoms with Crippen LogP contribution in [-0.4, -0.2) is 24.2 Å². The molecule has 0 heterocycles. The molecular weight excluding hydrogens is 278 g/mol. The molecule has 4 nitrogen and oxygen atoms in total. The Morgan fingerprint density at radius 1 is 1.09 bits per heavy atom. The van der Waals surface area contributed by atoms with Gasteiger partial charge in [0.05, 0.1) is 5.56 Å². The van der Waals surface area contributed by atoms with Crippen LogP contribution in [0.2, 0.25) is 0 Å². The Hall–Kier alpha value is -2.49. The first-order chi connectivity index (χ1) is 10.5. The molecule has 2 aromatic carbocycles. The van der Waals surface area contributed by atoms with Crippen LogP contribution in [0.3, 0.4) is 0 Å². The summed E-state index contributed by atoms with van der Waals surface area (Å²) in [6.07, 6.45) is 0. The van der Waals surface area contributed by atoms with E-state index in [2.05, 4.69) is 12.2 Å². The van der Waals surface area contributed by atoms with Crippen LogP contribution < -0.4 is 10.1 Å². The topological polar surface area (TPSA) is 58.6 Å². The van der Waals surface area contributed by atoms with Crippen molar-refractivity contribution >= 4 is 11.7 Å². The van der Waals surface area contributed by atoms with Gasteiger partial charge in [0, 0.05) is 12.2 Å². The van der Waals surface area contributed by atoms with E-state index in [1.54, 1.807) is 12.1 Å². The predicted octanol–water partition coefficient (Wildman–Crippen LogP) is 3.80. The maximum Gasteiger partial charge on any atom is 0.337 e. The highest BCUT2D eigenvalue weighted by molar-refractivity contribution is 5.94. The fourth-order valence-corrected chi connectivity index (χ4v) is 2.15. The van der Waals surface area contributed by atoms with Gasteiger partial charge in [-0.05, 0) is 56.2 Å². The lowest BCUT2D eigenvalue weighted by Gasteiger charge is -2.12. The maximum atomic E-state index is 11.2. The first-order valence-corrected chi connectivity index (χ1v) is 7.25. The molecule has 0 aromatic heterocycles. The molecule has 0 aliphatic rings. The summed E-state index contributed by atoms with van der Waals surface area (Å²) >= 11 is 0. The molecule has 2 N–H and O–H groups in total. The summed E-state index contributed by atoms with van der Waals surface area (Å²) in [6, 6.07) is 11.3. The van der Waals surface area contributed by atoms with Crippen molar-refractivity contribution in [2.75, 3.05) is 18.5 Å². The molecule has 0 unspecified atom stereocenters. The number of carboxylic acid groups (broad SMARTS) is 1. The molecule has 0 amide bonds. The molecular formula is C18H21NO3. The quantitative estimate of drug-likeness (QED) is 0.797. The molecule has 4 heteroatoms. The summed E-state index contributed by atoms with van der Waals surface area (Å²) in [4.78, 5) is 11.2. The van der Waals surface area contributed by atoms with Crippen molar-refractivity contribution in [2.24, 2.45) is 0 Å². The summed E-state index contributed by atoms with van der Waals surface area (Å²) in [5.41, 5.74) is 4.25. The molecule has 0 spiro atoms.